The molecule has 2 rings (SSSR count). The topological polar surface area (TPSA) is 40.5 Å². The van der Waals surface area contributed by atoms with E-state index in [4.69, 9.17) is 0 Å². The van der Waals surface area contributed by atoms with Crippen LogP contribution in [0.4, 0.5) is 0 Å². The van der Waals surface area contributed by atoms with E-state index in [2.05, 4.69) is 13.8 Å². The van der Waals surface area contributed by atoms with Crippen LogP contribution in [-0.4, -0.2) is 34.1 Å². The molecule has 104 valence electrons. The monoisotopic (exact) mass is 253 g/mol. The van der Waals surface area contributed by atoms with Gasteiger partial charge in [0.15, 0.2) is 0 Å². The molecule has 1 saturated heterocycles. The van der Waals surface area contributed by atoms with Crippen LogP contribution in [0.3, 0.4) is 0 Å². The molecule has 1 heterocycles. The summed E-state index contributed by atoms with van der Waals surface area (Å²) in [4.78, 5) is 14.2. The second kappa shape index (κ2) is 5.60. The fraction of sp³-hybridized carbons (Fsp3) is 0.933. The van der Waals surface area contributed by atoms with E-state index in [0.717, 1.165) is 25.3 Å². The Bertz CT molecular complexity index is 297. The zero-order chi connectivity index (χ0) is 13.2. The van der Waals surface area contributed by atoms with Crippen LogP contribution >= 0.6 is 0 Å². The fourth-order valence-electron chi connectivity index (χ4n) is 3.29. The molecule has 0 spiro atoms. The lowest BCUT2D eigenvalue weighted by Gasteiger charge is -2.44. The summed E-state index contributed by atoms with van der Waals surface area (Å²) in [6.45, 7) is 4.86. The van der Waals surface area contributed by atoms with Crippen molar-refractivity contribution in [3.63, 3.8) is 0 Å². The summed E-state index contributed by atoms with van der Waals surface area (Å²) >= 11 is 0. The Hall–Kier alpha value is -0.570. The lowest BCUT2D eigenvalue weighted by molar-refractivity contribution is -0.141. The number of carbonyl (C=O) groups is 1. The Morgan fingerprint density at radius 1 is 1.33 bits per heavy atom. The maximum Gasteiger partial charge on any atom is 0.223 e. The van der Waals surface area contributed by atoms with Crippen LogP contribution in [0.1, 0.15) is 65.2 Å². The standard InChI is InChI=1S/C15H27NO2/c1-15(2)11-13(17)9-10-16(15)14(18)8-4-7-12-5-3-6-12/h12-13,17H,3-11H2,1-2H3. The van der Waals surface area contributed by atoms with Crippen molar-refractivity contribution in [1.29, 1.82) is 0 Å². The van der Waals surface area contributed by atoms with Crippen LogP contribution in [0.15, 0.2) is 0 Å². The van der Waals surface area contributed by atoms with Crippen molar-refractivity contribution in [3.05, 3.63) is 0 Å². The molecule has 3 heteroatoms. The second-order valence-corrected chi connectivity index (χ2v) is 6.69. The van der Waals surface area contributed by atoms with Crippen molar-refractivity contribution < 1.29 is 9.90 Å². The number of hydrogen-bond donors (Lipinski definition) is 1. The van der Waals surface area contributed by atoms with Gasteiger partial charge in [0.05, 0.1) is 6.10 Å². The zero-order valence-electron chi connectivity index (χ0n) is 11.8. The Kier molecular flexibility index (Phi) is 4.31. The number of amides is 1. The molecular weight excluding hydrogens is 226 g/mol. The van der Waals surface area contributed by atoms with Crippen molar-refractivity contribution in [1.82, 2.24) is 4.90 Å². The lowest BCUT2D eigenvalue weighted by Crippen LogP contribution is -2.54. The Morgan fingerprint density at radius 3 is 2.61 bits per heavy atom. The third kappa shape index (κ3) is 3.25. The second-order valence-electron chi connectivity index (χ2n) is 6.69. The quantitative estimate of drug-likeness (QED) is 0.837. The number of nitrogens with zero attached hydrogens (tertiary/aromatic N) is 1. The predicted molar refractivity (Wildman–Crippen MR) is 72.2 cm³/mol. The number of aliphatic hydroxyl groups is 1. The molecule has 1 unspecified atom stereocenters. The highest BCUT2D eigenvalue weighted by Crippen LogP contribution is 2.32. The molecule has 0 aromatic heterocycles. The van der Waals surface area contributed by atoms with E-state index in [0.29, 0.717) is 12.8 Å². The molecule has 3 nitrogen and oxygen atoms in total. The van der Waals surface area contributed by atoms with E-state index in [1.165, 1.54) is 25.7 Å². The highest BCUT2D eigenvalue weighted by Gasteiger charge is 2.36. The number of aliphatic hydroxyl groups excluding tert-OH is 1. The number of likely N-dealkylation sites (tertiary alicyclic amines) is 1. The highest BCUT2D eigenvalue weighted by molar-refractivity contribution is 5.77. The summed E-state index contributed by atoms with van der Waals surface area (Å²) in [6, 6.07) is 0. The number of rotatable bonds is 4. The molecule has 1 N–H and O–H groups in total. The molecule has 0 aromatic carbocycles. The van der Waals surface area contributed by atoms with Gasteiger partial charge in [0.25, 0.3) is 0 Å². The van der Waals surface area contributed by atoms with Gasteiger partial charge in [-0.1, -0.05) is 19.3 Å². The van der Waals surface area contributed by atoms with Crippen molar-refractivity contribution in [2.24, 2.45) is 5.92 Å². The molecule has 2 aliphatic rings. The minimum absolute atomic E-state index is 0.175. The van der Waals surface area contributed by atoms with Crippen molar-refractivity contribution in [2.75, 3.05) is 6.54 Å². The smallest absolute Gasteiger partial charge is 0.223 e. The molecule has 0 aromatic rings. The van der Waals surface area contributed by atoms with Crippen LogP contribution < -0.4 is 0 Å². The van der Waals surface area contributed by atoms with Gasteiger partial charge in [0.2, 0.25) is 5.91 Å². The molecule has 1 aliphatic carbocycles. The van der Waals surface area contributed by atoms with E-state index in [-0.39, 0.29) is 17.6 Å². The minimum atomic E-state index is -0.237. The van der Waals surface area contributed by atoms with E-state index < -0.39 is 0 Å². The van der Waals surface area contributed by atoms with Gasteiger partial charge in [0.1, 0.15) is 0 Å². The summed E-state index contributed by atoms with van der Waals surface area (Å²) in [6.07, 6.45) is 8.29. The van der Waals surface area contributed by atoms with Crippen LogP contribution in [0.5, 0.6) is 0 Å². The van der Waals surface area contributed by atoms with Crippen LogP contribution in [0.25, 0.3) is 0 Å². The van der Waals surface area contributed by atoms with Crippen LogP contribution in [0.2, 0.25) is 0 Å². The van der Waals surface area contributed by atoms with Gasteiger partial charge in [0, 0.05) is 18.5 Å². The van der Waals surface area contributed by atoms with E-state index in [9.17, 15) is 9.90 Å². The molecule has 2 fully saturated rings. The largest absolute Gasteiger partial charge is 0.393 e. The number of hydrogen-bond acceptors (Lipinski definition) is 2. The van der Waals surface area contributed by atoms with Gasteiger partial charge < -0.3 is 10.0 Å². The summed E-state index contributed by atoms with van der Waals surface area (Å²) in [7, 11) is 0. The summed E-state index contributed by atoms with van der Waals surface area (Å²) in [5.74, 6) is 1.18. The zero-order valence-corrected chi connectivity index (χ0v) is 11.8. The average molecular weight is 253 g/mol. The fourth-order valence-corrected chi connectivity index (χ4v) is 3.29. The molecule has 1 amide bonds. The SMILES string of the molecule is CC1(C)CC(O)CCN1C(=O)CCCC1CCC1. The van der Waals surface area contributed by atoms with Crippen molar-refractivity contribution in [2.45, 2.75) is 76.9 Å². The van der Waals surface area contributed by atoms with Gasteiger partial charge in [-0.3, -0.25) is 4.79 Å². The van der Waals surface area contributed by atoms with E-state index in [1.807, 2.05) is 4.90 Å². The molecule has 0 bridgehead atoms. The summed E-state index contributed by atoms with van der Waals surface area (Å²) < 4.78 is 0. The summed E-state index contributed by atoms with van der Waals surface area (Å²) in [5, 5.41) is 9.69. The predicted octanol–water partition coefficient (Wildman–Crippen LogP) is 2.72. The van der Waals surface area contributed by atoms with Crippen molar-refractivity contribution in [3.8, 4) is 0 Å². The van der Waals surface area contributed by atoms with E-state index in [1.54, 1.807) is 0 Å². The first-order valence-electron chi connectivity index (χ1n) is 7.47. The average Bonchev–Trinajstić information content (AvgIpc) is 2.19. The first-order valence-corrected chi connectivity index (χ1v) is 7.47. The molecule has 1 atom stereocenters. The Morgan fingerprint density at radius 2 is 2.06 bits per heavy atom. The molecular formula is C15H27NO2. The van der Waals surface area contributed by atoms with Crippen LogP contribution in [0, 0.1) is 5.92 Å². The van der Waals surface area contributed by atoms with E-state index >= 15 is 0 Å². The molecule has 1 saturated carbocycles. The third-order valence-electron chi connectivity index (χ3n) is 4.68. The maximum absolute atomic E-state index is 12.3. The van der Waals surface area contributed by atoms with Crippen molar-refractivity contribution >= 4 is 5.91 Å². The van der Waals surface area contributed by atoms with Gasteiger partial charge in [-0.15, -0.1) is 0 Å². The molecule has 1 aliphatic heterocycles. The first kappa shape index (κ1) is 13.9. The van der Waals surface area contributed by atoms with Crippen LogP contribution in [-0.2, 0) is 4.79 Å². The normalized spacial score (nSPS) is 27.9. The minimum Gasteiger partial charge on any atom is -0.393 e. The molecule has 0 radical (unpaired) electrons. The molecule has 18 heavy (non-hydrogen) atoms. The third-order valence-corrected chi connectivity index (χ3v) is 4.68. The van der Waals surface area contributed by atoms with Gasteiger partial charge in [-0.2, -0.15) is 0 Å². The maximum atomic E-state index is 12.3. The first-order chi connectivity index (χ1) is 8.49. The summed E-state index contributed by atoms with van der Waals surface area (Å²) in [5.41, 5.74) is -0.175. The van der Waals surface area contributed by atoms with Gasteiger partial charge >= 0.3 is 0 Å². The number of piperidine rings is 1. The highest BCUT2D eigenvalue weighted by atomic mass is 16.3. The lowest BCUT2D eigenvalue weighted by atomic mass is 9.81. The van der Waals surface area contributed by atoms with Gasteiger partial charge in [-0.25, -0.2) is 0 Å². The van der Waals surface area contributed by atoms with Gasteiger partial charge in [-0.05, 0) is 45.4 Å². The Labute approximate surface area is 111 Å². The number of carbonyl (C=O) groups excluding carboxylic acids is 1. The Balaban J connectivity index is 1.76.